The second kappa shape index (κ2) is 12.6. The third kappa shape index (κ3) is 4.98. The molecule has 0 amide bonds. The number of hydrogen-bond acceptors (Lipinski definition) is 4. The van der Waals surface area contributed by atoms with Crippen LogP contribution in [0.25, 0.3) is 109 Å². The fourth-order valence-corrected chi connectivity index (χ4v) is 9.82. The molecule has 0 atom stereocenters. The minimum absolute atomic E-state index is 0.571. The molecule has 0 fully saturated rings. The maximum absolute atomic E-state index is 5.42. The molecule has 0 N–H and O–H groups in total. The normalized spacial score (nSPS) is 11.9. The number of para-hydroxylation sites is 3. The fraction of sp³-hybridized carbons (Fsp3) is 0. The van der Waals surface area contributed by atoms with E-state index in [2.05, 4.69) is 197 Å². The van der Waals surface area contributed by atoms with Gasteiger partial charge in [0.15, 0.2) is 5.82 Å². The SMILES string of the molecule is c1ccc(-c2cccc(-c3ccc(-c4nc(-n5c6ccccc6c6ccccc65)nc(-n5c6ccccc6c6ccc7c8ccccc8sc7c65)n4)cc3)c2)cc1. The summed E-state index contributed by atoms with van der Waals surface area (Å²) < 4.78 is 6.92. The van der Waals surface area contributed by atoms with Gasteiger partial charge in [0.25, 0.3) is 0 Å². The summed E-state index contributed by atoms with van der Waals surface area (Å²) in [5.41, 5.74) is 9.83. The van der Waals surface area contributed by atoms with E-state index < -0.39 is 0 Å². The van der Waals surface area contributed by atoms with Crippen LogP contribution in [0.5, 0.6) is 0 Å². The Morgan fingerprint density at radius 1 is 0.333 bits per heavy atom. The molecule has 0 unspecified atom stereocenters. The Bertz CT molecular complexity index is 3470. The van der Waals surface area contributed by atoms with Crippen LogP contribution >= 0.6 is 11.3 Å². The van der Waals surface area contributed by atoms with Crippen LogP contribution in [0.3, 0.4) is 0 Å². The summed E-state index contributed by atoms with van der Waals surface area (Å²) in [6, 6.07) is 66.6. The number of benzene rings is 8. The second-order valence-electron chi connectivity index (χ2n) is 14.4. The monoisotopic (exact) mass is 745 g/mol. The molecule has 6 heteroatoms. The third-order valence-electron chi connectivity index (χ3n) is 11.2. The van der Waals surface area contributed by atoms with Crippen molar-refractivity contribution in [3.05, 3.63) is 188 Å². The Morgan fingerprint density at radius 2 is 0.825 bits per heavy atom. The van der Waals surface area contributed by atoms with Gasteiger partial charge in [0.2, 0.25) is 11.9 Å². The van der Waals surface area contributed by atoms with E-state index in [1.807, 2.05) is 11.3 Å². The van der Waals surface area contributed by atoms with Crippen LogP contribution in [-0.2, 0) is 0 Å². The zero-order chi connectivity index (χ0) is 37.5. The number of nitrogens with zero attached hydrogens (tertiary/aromatic N) is 5. The molecule has 57 heavy (non-hydrogen) atoms. The molecule has 8 aromatic carbocycles. The van der Waals surface area contributed by atoms with Gasteiger partial charge in [0, 0.05) is 42.6 Å². The third-order valence-corrected chi connectivity index (χ3v) is 12.4. The second-order valence-corrected chi connectivity index (χ2v) is 15.5. The molecule has 0 radical (unpaired) electrons. The highest BCUT2D eigenvalue weighted by molar-refractivity contribution is 7.26. The van der Waals surface area contributed by atoms with Gasteiger partial charge in [-0.3, -0.25) is 9.13 Å². The molecule has 0 saturated carbocycles. The van der Waals surface area contributed by atoms with Gasteiger partial charge in [-0.1, -0.05) is 158 Å². The molecule has 4 heterocycles. The van der Waals surface area contributed by atoms with E-state index in [4.69, 9.17) is 15.0 Å². The van der Waals surface area contributed by atoms with E-state index in [1.54, 1.807) is 0 Å². The van der Waals surface area contributed by atoms with Gasteiger partial charge in [-0.2, -0.15) is 15.0 Å². The molecule has 4 aromatic heterocycles. The topological polar surface area (TPSA) is 48.5 Å². The number of thiophene rings is 1. The minimum Gasteiger partial charge on any atom is -0.278 e. The van der Waals surface area contributed by atoms with E-state index in [-0.39, 0.29) is 0 Å². The lowest BCUT2D eigenvalue weighted by atomic mass is 9.98. The Kier molecular flexibility index (Phi) is 7.03. The molecule has 12 rings (SSSR count). The maximum atomic E-state index is 5.42. The van der Waals surface area contributed by atoms with E-state index in [0.717, 1.165) is 54.9 Å². The molecular weight excluding hydrogens is 715 g/mol. The lowest BCUT2D eigenvalue weighted by molar-refractivity contribution is 0.894. The highest BCUT2D eigenvalue weighted by atomic mass is 32.1. The van der Waals surface area contributed by atoms with Gasteiger partial charge < -0.3 is 0 Å². The molecule has 0 bridgehead atoms. The molecule has 0 spiro atoms. The van der Waals surface area contributed by atoms with Crippen molar-refractivity contribution in [3.63, 3.8) is 0 Å². The van der Waals surface area contributed by atoms with E-state index in [9.17, 15) is 0 Å². The molecule has 0 saturated heterocycles. The first kappa shape index (κ1) is 31.9. The summed E-state index contributed by atoms with van der Waals surface area (Å²) in [4.78, 5) is 16.1. The number of aromatic nitrogens is 5. The summed E-state index contributed by atoms with van der Waals surface area (Å²) in [6.07, 6.45) is 0. The van der Waals surface area contributed by atoms with Crippen LogP contribution in [0.1, 0.15) is 0 Å². The Hall–Kier alpha value is -7.41. The summed E-state index contributed by atoms with van der Waals surface area (Å²) in [7, 11) is 0. The first-order valence-electron chi connectivity index (χ1n) is 19.1. The van der Waals surface area contributed by atoms with Crippen molar-refractivity contribution < 1.29 is 0 Å². The summed E-state index contributed by atoms with van der Waals surface area (Å²) in [6.45, 7) is 0. The predicted octanol–water partition coefficient (Wildman–Crippen LogP) is 13.4. The predicted molar refractivity (Wildman–Crippen MR) is 238 cm³/mol. The highest BCUT2D eigenvalue weighted by Crippen LogP contribution is 2.43. The van der Waals surface area contributed by atoms with Crippen molar-refractivity contribution >= 4 is 75.1 Å². The first-order valence-corrected chi connectivity index (χ1v) is 19.9. The van der Waals surface area contributed by atoms with Gasteiger partial charge in [-0.15, -0.1) is 11.3 Å². The number of fused-ring (bicyclic) bond motifs is 10. The standard InChI is InChI=1S/C51H31N5S/c1-2-13-32(14-3-1)35-15-12-16-36(31-35)33-25-27-34(28-26-33)49-52-50(55-43-21-8-4-17-37(43)38-18-5-9-22-44(38)55)54-51(53-49)56-45-23-10-6-19-39(45)41-29-30-42-40-20-7-11-24-46(40)57-48(42)47(41)56/h1-31H. The largest absolute Gasteiger partial charge is 0.278 e. The number of hydrogen-bond donors (Lipinski definition) is 0. The average Bonchev–Trinajstić information content (AvgIpc) is 3.95. The van der Waals surface area contributed by atoms with E-state index in [0.29, 0.717) is 17.7 Å². The van der Waals surface area contributed by atoms with Gasteiger partial charge in [-0.05, 0) is 52.6 Å². The van der Waals surface area contributed by atoms with Crippen LogP contribution in [0.15, 0.2) is 188 Å². The highest BCUT2D eigenvalue weighted by Gasteiger charge is 2.22. The number of rotatable bonds is 5. The summed E-state index contributed by atoms with van der Waals surface area (Å²) in [5, 5.41) is 7.13. The van der Waals surface area contributed by atoms with Crippen molar-refractivity contribution in [1.29, 1.82) is 0 Å². The summed E-state index contributed by atoms with van der Waals surface area (Å²) >= 11 is 1.82. The smallest absolute Gasteiger partial charge is 0.240 e. The van der Waals surface area contributed by atoms with Crippen molar-refractivity contribution in [2.24, 2.45) is 0 Å². The molecule has 12 aromatic rings. The summed E-state index contributed by atoms with van der Waals surface area (Å²) in [5.74, 6) is 1.75. The van der Waals surface area contributed by atoms with Crippen molar-refractivity contribution in [2.45, 2.75) is 0 Å². The van der Waals surface area contributed by atoms with Gasteiger partial charge in [0.05, 0.1) is 26.8 Å². The van der Waals surface area contributed by atoms with Crippen molar-refractivity contribution in [1.82, 2.24) is 24.1 Å². The van der Waals surface area contributed by atoms with Crippen LogP contribution in [-0.4, -0.2) is 24.1 Å². The molecular formula is C51H31N5S. The zero-order valence-corrected chi connectivity index (χ0v) is 31.4. The Labute approximate surface area is 331 Å². The van der Waals surface area contributed by atoms with Gasteiger partial charge >= 0.3 is 0 Å². The molecule has 0 aliphatic heterocycles. The lowest BCUT2D eigenvalue weighted by Gasteiger charge is -2.13. The van der Waals surface area contributed by atoms with E-state index >= 15 is 0 Å². The Balaban J connectivity index is 1.12. The van der Waals surface area contributed by atoms with Crippen LogP contribution in [0.2, 0.25) is 0 Å². The molecule has 5 nitrogen and oxygen atoms in total. The zero-order valence-electron chi connectivity index (χ0n) is 30.5. The minimum atomic E-state index is 0.571. The van der Waals surface area contributed by atoms with E-state index in [1.165, 1.54) is 36.7 Å². The van der Waals surface area contributed by atoms with Crippen molar-refractivity contribution in [3.8, 4) is 45.5 Å². The van der Waals surface area contributed by atoms with Crippen LogP contribution in [0, 0.1) is 0 Å². The van der Waals surface area contributed by atoms with Gasteiger partial charge in [-0.25, -0.2) is 0 Å². The van der Waals surface area contributed by atoms with Crippen molar-refractivity contribution in [2.75, 3.05) is 0 Å². The fourth-order valence-electron chi connectivity index (χ4n) is 8.58. The quantitative estimate of drug-likeness (QED) is 0.176. The Morgan fingerprint density at radius 3 is 1.51 bits per heavy atom. The average molecular weight is 746 g/mol. The molecule has 0 aliphatic rings. The maximum Gasteiger partial charge on any atom is 0.240 e. The van der Waals surface area contributed by atoms with Crippen LogP contribution < -0.4 is 0 Å². The van der Waals surface area contributed by atoms with Gasteiger partial charge in [0.1, 0.15) is 0 Å². The lowest BCUT2D eigenvalue weighted by Crippen LogP contribution is -2.10. The van der Waals surface area contributed by atoms with Crippen LogP contribution in [0.4, 0.5) is 0 Å². The first-order chi connectivity index (χ1) is 28.3. The molecule has 266 valence electrons. The molecule has 0 aliphatic carbocycles.